The molecule has 0 fully saturated rings. The van der Waals surface area contributed by atoms with Gasteiger partial charge in [-0.1, -0.05) is 18.3 Å². The van der Waals surface area contributed by atoms with Crippen LogP contribution in [0, 0.1) is 0 Å². The van der Waals surface area contributed by atoms with Crippen LogP contribution in [0.15, 0.2) is 0 Å². The summed E-state index contributed by atoms with van der Waals surface area (Å²) in [7, 11) is 1.57. The van der Waals surface area contributed by atoms with Crippen LogP contribution in [0.2, 0.25) is 0 Å². The number of alkyl halides is 1. The van der Waals surface area contributed by atoms with Gasteiger partial charge < -0.3 is 10.1 Å². The molecule has 17 heavy (non-hydrogen) atoms. The summed E-state index contributed by atoms with van der Waals surface area (Å²) in [6.07, 6.45) is 0. The second-order valence-electron chi connectivity index (χ2n) is 3.92. The molecule has 1 heterocycles. The topological polar surface area (TPSA) is 64.1 Å². The fraction of sp³-hybridized carbons (Fsp3) is 0.700. The lowest BCUT2D eigenvalue weighted by Gasteiger charge is -2.14. The maximum atomic E-state index is 12.0. The molecule has 1 amide bonds. The van der Waals surface area contributed by atoms with E-state index in [1.54, 1.807) is 7.11 Å². The molecule has 0 spiro atoms. The number of rotatable bonds is 6. The molecule has 0 bridgehead atoms. The molecule has 0 saturated heterocycles. The van der Waals surface area contributed by atoms with Crippen molar-refractivity contribution in [3.63, 3.8) is 0 Å². The van der Waals surface area contributed by atoms with Crippen LogP contribution in [0.4, 0.5) is 0 Å². The molecule has 1 aromatic rings. The standard InChI is InChI=1S/C10H16ClN3O2S/c1-6(2)8-9(17-14-13-8)10(15)12-7(4-11)5-16-3/h6-7H,4-5H2,1-3H3,(H,12,15). The van der Waals surface area contributed by atoms with Gasteiger partial charge in [-0.15, -0.1) is 16.7 Å². The molecule has 1 N–H and O–H groups in total. The molecular weight excluding hydrogens is 262 g/mol. The Morgan fingerprint density at radius 2 is 2.29 bits per heavy atom. The van der Waals surface area contributed by atoms with E-state index in [0.717, 1.165) is 17.2 Å². The van der Waals surface area contributed by atoms with Gasteiger partial charge in [0.05, 0.1) is 18.3 Å². The summed E-state index contributed by atoms with van der Waals surface area (Å²) in [5.74, 6) is 0.292. The zero-order chi connectivity index (χ0) is 12.8. The van der Waals surface area contributed by atoms with Crippen molar-refractivity contribution >= 4 is 29.0 Å². The predicted molar refractivity (Wildman–Crippen MR) is 67.8 cm³/mol. The Hall–Kier alpha value is -0.720. The first-order valence-corrected chi connectivity index (χ1v) is 6.59. The maximum Gasteiger partial charge on any atom is 0.265 e. The quantitative estimate of drug-likeness (QED) is 0.803. The van der Waals surface area contributed by atoms with Crippen LogP contribution in [-0.2, 0) is 4.74 Å². The zero-order valence-electron chi connectivity index (χ0n) is 10.1. The number of carbonyl (C=O) groups excluding carboxylic acids is 1. The van der Waals surface area contributed by atoms with E-state index < -0.39 is 0 Å². The van der Waals surface area contributed by atoms with Gasteiger partial charge in [0, 0.05) is 13.0 Å². The molecule has 0 aliphatic rings. The largest absolute Gasteiger partial charge is 0.383 e. The molecular formula is C10H16ClN3O2S. The van der Waals surface area contributed by atoms with Gasteiger partial charge >= 0.3 is 0 Å². The van der Waals surface area contributed by atoms with Crippen LogP contribution < -0.4 is 5.32 Å². The third-order valence-electron chi connectivity index (χ3n) is 2.16. The molecule has 0 aromatic carbocycles. The summed E-state index contributed by atoms with van der Waals surface area (Å²) in [5, 5.41) is 6.76. The lowest BCUT2D eigenvalue weighted by atomic mass is 10.1. The Morgan fingerprint density at radius 1 is 1.59 bits per heavy atom. The van der Waals surface area contributed by atoms with Crippen molar-refractivity contribution in [2.75, 3.05) is 19.6 Å². The average Bonchev–Trinajstić information content (AvgIpc) is 2.77. The van der Waals surface area contributed by atoms with Crippen molar-refractivity contribution in [1.82, 2.24) is 14.9 Å². The molecule has 1 atom stereocenters. The summed E-state index contributed by atoms with van der Waals surface area (Å²) in [6.45, 7) is 4.34. The van der Waals surface area contributed by atoms with Gasteiger partial charge in [-0.05, 0) is 17.5 Å². The number of methoxy groups -OCH3 is 1. The Bertz CT molecular complexity index is 370. The Balaban J connectivity index is 2.72. The van der Waals surface area contributed by atoms with Crippen LogP contribution >= 0.6 is 23.1 Å². The number of carbonyl (C=O) groups is 1. The summed E-state index contributed by atoms with van der Waals surface area (Å²) in [5.41, 5.74) is 0.721. The second kappa shape index (κ2) is 6.88. The monoisotopic (exact) mass is 277 g/mol. The van der Waals surface area contributed by atoms with Crippen molar-refractivity contribution in [2.24, 2.45) is 0 Å². The van der Waals surface area contributed by atoms with Crippen LogP contribution in [0.3, 0.4) is 0 Å². The second-order valence-corrected chi connectivity index (χ2v) is 4.98. The van der Waals surface area contributed by atoms with E-state index in [0.29, 0.717) is 17.4 Å². The van der Waals surface area contributed by atoms with Crippen molar-refractivity contribution in [3.05, 3.63) is 10.6 Å². The highest BCUT2D eigenvalue weighted by atomic mass is 35.5. The van der Waals surface area contributed by atoms with E-state index in [4.69, 9.17) is 16.3 Å². The van der Waals surface area contributed by atoms with Crippen molar-refractivity contribution < 1.29 is 9.53 Å². The summed E-state index contributed by atoms with van der Waals surface area (Å²) >= 11 is 6.83. The van der Waals surface area contributed by atoms with Crippen LogP contribution in [-0.4, -0.2) is 41.1 Å². The Morgan fingerprint density at radius 3 is 2.82 bits per heavy atom. The number of hydrogen-bond acceptors (Lipinski definition) is 5. The summed E-state index contributed by atoms with van der Waals surface area (Å²) < 4.78 is 8.77. The first-order valence-electron chi connectivity index (χ1n) is 5.28. The number of nitrogens with one attached hydrogen (secondary N) is 1. The average molecular weight is 278 g/mol. The van der Waals surface area contributed by atoms with E-state index in [9.17, 15) is 4.79 Å². The minimum Gasteiger partial charge on any atom is -0.383 e. The van der Waals surface area contributed by atoms with E-state index >= 15 is 0 Å². The minimum atomic E-state index is -0.198. The number of nitrogens with zero attached hydrogens (tertiary/aromatic N) is 2. The molecule has 7 heteroatoms. The summed E-state index contributed by atoms with van der Waals surface area (Å²) in [4.78, 5) is 12.5. The van der Waals surface area contributed by atoms with Gasteiger partial charge in [-0.3, -0.25) is 4.79 Å². The highest BCUT2D eigenvalue weighted by Gasteiger charge is 2.20. The zero-order valence-corrected chi connectivity index (χ0v) is 11.6. The first-order chi connectivity index (χ1) is 8.10. The maximum absolute atomic E-state index is 12.0. The molecule has 96 valence electrons. The van der Waals surface area contributed by atoms with E-state index in [1.165, 1.54) is 0 Å². The molecule has 0 aliphatic carbocycles. The summed E-state index contributed by atoms with van der Waals surface area (Å²) in [6, 6.07) is -0.198. The van der Waals surface area contributed by atoms with Crippen LogP contribution in [0.1, 0.15) is 35.1 Å². The highest BCUT2D eigenvalue weighted by Crippen LogP contribution is 2.19. The normalized spacial score (nSPS) is 12.8. The number of amides is 1. The van der Waals surface area contributed by atoms with Gasteiger partial charge in [0.15, 0.2) is 0 Å². The first kappa shape index (κ1) is 14.3. The lowest BCUT2D eigenvalue weighted by Crippen LogP contribution is -2.39. The predicted octanol–water partition coefficient (Wildman–Crippen LogP) is 1.65. The molecule has 1 unspecified atom stereocenters. The molecule has 1 aromatic heterocycles. The van der Waals surface area contributed by atoms with Crippen molar-refractivity contribution in [3.8, 4) is 0 Å². The van der Waals surface area contributed by atoms with Crippen LogP contribution in [0.5, 0.6) is 0 Å². The number of ether oxygens (including phenoxy) is 1. The third-order valence-corrected chi connectivity index (χ3v) is 3.27. The van der Waals surface area contributed by atoms with E-state index in [1.807, 2.05) is 13.8 Å². The van der Waals surface area contributed by atoms with Crippen molar-refractivity contribution in [2.45, 2.75) is 25.8 Å². The van der Waals surface area contributed by atoms with Gasteiger partial charge in [-0.2, -0.15) is 0 Å². The number of aromatic nitrogens is 2. The number of hydrogen-bond donors (Lipinski definition) is 1. The van der Waals surface area contributed by atoms with Gasteiger partial charge in [0.2, 0.25) is 0 Å². The minimum absolute atomic E-state index is 0.173. The molecule has 0 aliphatic heterocycles. The highest BCUT2D eigenvalue weighted by molar-refractivity contribution is 7.08. The molecule has 0 radical (unpaired) electrons. The molecule has 0 saturated carbocycles. The Labute approximate surface area is 110 Å². The Kier molecular flexibility index (Phi) is 5.80. The van der Waals surface area contributed by atoms with E-state index in [2.05, 4.69) is 14.9 Å². The van der Waals surface area contributed by atoms with E-state index in [-0.39, 0.29) is 17.9 Å². The fourth-order valence-corrected chi connectivity index (χ4v) is 2.20. The van der Waals surface area contributed by atoms with Crippen LogP contribution in [0.25, 0.3) is 0 Å². The van der Waals surface area contributed by atoms with Gasteiger partial charge in [-0.25, -0.2) is 0 Å². The third kappa shape index (κ3) is 3.90. The van der Waals surface area contributed by atoms with Gasteiger partial charge in [0.1, 0.15) is 4.88 Å². The molecule has 5 nitrogen and oxygen atoms in total. The molecule has 1 rings (SSSR count). The fourth-order valence-electron chi connectivity index (χ4n) is 1.31. The lowest BCUT2D eigenvalue weighted by molar-refractivity contribution is 0.0909. The van der Waals surface area contributed by atoms with Crippen molar-refractivity contribution in [1.29, 1.82) is 0 Å². The smallest absolute Gasteiger partial charge is 0.265 e. The SMILES string of the molecule is COCC(CCl)NC(=O)c1snnc1C(C)C. The van der Waals surface area contributed by atoms with Gasteiger partial charge in [0.25, 0.3) is 5.91 Å². The number of halogens is 1.